The van der Waals surface area contributed by atoms with E-state index in [1.165, 1.54) is 0 Å². The van der Waals surface area contributed by atoms with Crippen LogP contribution in [0.25, 0.3) is 0 Å². The van der Waals surface area contributed by atoms with Crippen molar-refractivity contribution in [2.45, 2.75) is 6.42 Å². The van der Waals surface area contributed by atoms with Gasteiger partial charge in [-0.3, -0.25) is 14.5 Å². The zero-order chi connectivity index (χ0) is 18.3. The monoisotopic (exact) mass is 369 g/mol. The highest BCUT2D eigenvalue weighted by Gasteiger charge is 2.34. The Morgan fingerprint density at radius 2 is 1.68 bits per heavy atom. The second kappa shape index (κ2) is 9.04. The summed E-state index contributed by atoms with van der Waals surface area (Å²) in [4.78, 5) is 25.5. The molecule has 1 heterocycles. The summed E-state index contributed by atoms with van der Waals surface area (Å²) in [5.74, 6) is -0.875. The summed E-state index contributed by atoms with van der Waals surface area (Å²) in [5.41, 5.74) is 0.742. The quantitative estimate of drug-likeness (QED) is 0.414. The standard InChI is InChI=1S/C16H23N3O5S/c1-24-11-9-17-7-8-18-25(22,23)12-4-10-19-15(20)13-5-2-3-6-14(13)16(19)21/h2-3,5-6,17-18H,4,7-12H2,1H3. The van der Waals surface area contributed by atoms with Gasteiger partial charge in [0.1, 0.15) is 0 Å². The number of methoxy groups -OCH3 is 1. The van der Waals surface area contributed by atoms with Gasteiger partial charge in [0, 0.05) is 33.3 Å². The number of hydrogen-bond donors (Lipinski definition) is 2. The van der Waals surface area contributed by atoms with Gasteiger partial charge in [0.05, 0.1) is 23.5 Å². The van der Waals surface area contributed by atoms with Crippen LogP contribution in [0.4, 0.5) is 0 Å². The van der Waals surface area contributed by atoms with Crippen LogP contribution in [0.1, 0.15) is 27.1 Å². The fraction of sp³-hybridized carbons (Fsp3) is 0.500. The first-order chi connectivity index (χ1) is 12.0. The zero-order valence-corrected chi connectivity index (χ0v) is 15.0. The van der Waals surface area contributed by atoms with Crippen LogP contribution in [-0.4, -0.2) is 70.8 Å². The Bertz CT molecular complexity index is 685. The lowest BCUT2D eigenvalue weighted by molar-refractivity contribution is 0.0654. The highest BCUT2D eigenvalue weighted by atomic mass is 32.2. The molecule has 0 fully saturated rings. The van der Waals surface area contributed by atoms with Crippen molar-refractivity contribution in [3.8, 4) is 0 Å². The van der Waals surface area contributed by atoms with Gasteiger partial charge >= 0.3 is 0 Å². The van der Waals surface area contributed by atoms with Crippen molar-refractivity contribution in [1.82, 2.24) is 14.9 Å². The van der Waals surface area contributed by atoms with Crippen molar-refractivity contribution >= 4 is 21.8 Å². The van der Waals surface area contributed by atoms with Gasteiger partial charge in [0.25, 0.3) is 11.8 Å². The van der Waals surface area contributed by atoms with Crippen molar-refractivity contribution in [2.24, 2.45) is 0 Å². The minimum absolute atomic E-state index is 0.0827. The summed E-state index contributed by atoms with van der Waals surface area (Å²) < 4.78 is 31.2. The first-order valence-electron chi connectivity index (χ1n) is 8.08. The predicted octanol–water partition coefficient (Wildman–Crippen LogP) is -0.172. The molecule has 0 aromatic heterocycles. The smallest absolute Gasteiger partial charge is 0.261 e. The number of imide groups is 1. The molecule has 0 radical (unpaired) electrons. The van der Waals surface area contributed by atoms with E-state index in [0.29, 0.717) is 30.8 Å². The Morgan fingerprint density at radius 3 is 2.28 bits per heavy atom. The fourth-order valence-electron chi connectivity index (χ4n) is 2.52. The van der Waals surface area contributed by atoms with Crippen molar-refractivity contribution in [2.75, 3.05) is 45.6 Å². The maximum Gasteiger partial charge on any atom is 0.261 e. The highest BCUT2D eigenvalue weighted by Crippen LogP contribution is 2.22. The highest BCUT2D eigenvalue weighted by molar-refractivity contribution is 7.89. The Hall–Kier alpha value is -1.81. The number of ether oxygens (including phenoxy) is 1. The van der Waals surface area contributed by atoms with Gasteiger partial charge in [-0.1, -0.05) is 12.1 Å². The van der Waals surface area contributed by atoms with E-state index in [1.54, 1.807) is 31.4 Å². The summed E-state index contributed by atoms with van der Waals surface area (Å²) in [5, 5.41) is 3.03. The number of benzene rings is 1. The Kier molecular flexibility index (Phi) is 7.06. The SMILES string of the molecule is COCCNCCNS(=O)(=O)CCCN1C(=O)c2ccccc2C1=O. The Morgan fingerprint density at radius 1 is 1.04 bits per heavy atom. The molecular formula is C16H23N3O5S. The number of nitrogens with zero attached hydrogens (tertiary/aromatic N) is 1. The number of amides is 2. The minimum atomic E-state index is -3.44. The molecule has 138 valence electrons. The van der Waals surface area contributed by atoms with Crippen LogP contribution in [0.3, 0.4) is 0 Å². The third kappa shape index (κ3) is 5.33. The van der Waals surface area contributed by atoms with Crippen LogP contribution in [-0.2, 0) is 14.8 Å². The zero-order valence-electron chi connectivity index (χ0n) is 14.2. The maximum absolute atomic E-state index is 12.2. The van der Waals surface area contributed by atoms with E-state index in [1.807, 2.05) is 0 Å². The van der Waals surface area contributed by atoms with E-state index in [2.05, 4.69) is 10.0 Å². The van der Waals surface area contributed by atoms with Gasteiger partial charge in [-0.15, -0.1) is 0 Å². The number of fused-ring (bicyclic) bond motifs is 1. The van der Waals surface area contributed by atoms with E-state index in [9.17, 15) is 18.0 Å². The number of nitrogens with one attached hydrogen (secondary N) is 2. The molecule has 0 spiro atoms. The van der Waals surface area contributed by atoms with E-state index < -0.39 is 10.0 Å². The van der Waals surface area contributed by atoms with Crippen LogP contribution in [0.15, 0.2) is 24.3 Å². The lowest BCUT2D eigenvalue weighted by Gasteiger charge is -2.14. The lowest BCUT2D eigenvalue weighted by Crippen LogP contribution is -2.36. The van der Waals surface area contributed by atoms with Crippen molar-refractivity contribution < 1.29 is 22.7 Å². The molecule has 2 amide bonds. The van der Waals surface area contributed by atoms with E-state index in [0.717, 1.165) is 4.90 Å². The number of sulfonamides is 1. The summed E-state index contributed by atoms with van der Waals surface area (Å²) in [6.07, 6.45) is 0.192. The molecule has 1 aliphatic heterocycles. The summed E-state index contributed by atoms with van der Waals surface area (Å²) in [6, 6.07) is 6.60. The topological polar surface area (TPSA) is 105 Å². The molecule has 9 heteroatoms. The average molecular weight is 369 g/mol. The van der Waals surface area contributed by atoms with Crippen LogP contribution in [0.5, 0.6) is 0 Å². The second-order valence-electron chi connectivity index (χ2n) is 5.62. The Labute approximate surface area is 147 Å². The molecule has 0 atom stereocenters. The molecular weight excluding hydrogens is 346 g/mol. The van der Waals surface area contributed by atoms with Gasteiger partial charge in [-0.25, -0.2) is 13.1 Å². The average Bonchev–Trinajstić information content (AvgIpc) is 2.83. The first-order valence-corrected chi connectivity index (χ1v) is 9.74. The third-order valence-corrected chi connectivity index (χ3v) is 5.25. The van der Waals surface area contributed by atoms with E-state index in [4.69, 9.17) is 4.74 Å². The Balaban J connectivity index is 1.73. The predicted molar refractivity (Wildman–Crippen MR) is 93.0 cm³/mol. The lowest BCUT2D eigenvalue weighted by atomic mass is 10.1. The van der Waals surface area contributed by atoms with Crippen LogP contribution in [0, 0.1) is 0 Å². The van der Waals surface area contributed by atoms with Crippen molar-refractivity contribution in [1.29, 1.82) is 0 Å². The summed E-state index contributed by atoms with van der Waals surface area (Å²) in [7, 11) is -1.84. The van der Waals surface area contributed by atoms with Crippen LogP contribution in [0.2, 0.25) is 0 Å². The molecule has 2 rings (SSSR count). The molecule has 0 saturated heterocycles. The molecule has 1 aliphatic rings. The molecule has 0 unspecified atom stereocenters. The minimum Gasteiger partial charge on any atom is -0.383 e. The van der Waals surface area contributed by atoms with Gasteiger partial charge in [0.2, 0.25) is 10.0 Å². The van der Waals surface area contributed by atoms with E-state index >= 15 is 0 Å². The van der Waals surface area contributed by atoms with Crippen LogP contribution < -0.4 is 10.0 Å². The number of carbonyl (C=O) groups excluding carboxylic acids is 2. The van der Waals surface area contributed by atoms with E-state index in [-0.39, 0.29) is 37.1 Å². The largest absolute Gasteiger partial charge is 0.383 e. The van der Waals surface area contributed by atoms with Gasteiger partial charge in [-0.05, 0) is 18.6 Å². The fourth-order valence-corrected chi connectivity index (χ4v) is 3.59. The molecule has 0 saturated carbocycles. The molecule has 0 aliphatic carbocycles. The first kappa shape index (κ1) is 19.5. The molecule has 2 N–H and O–H groups in total. The molecule has 25 heavy (non-hydrogen) atoms. The number of rotatable bonds is 11. The van der Waals surface area contributed by atoms with Gasteiger partial charge in [-0.2, -0.15) is 0 Å². The molecule has 0 bridgehead atoms. The second-order valence-corrected chi connectivity index (χ2v) is 7.54. The number of hydrogen-bond acceptors (Lipinski definition) is 6. The van der Waals surface area contributed by atoms with Crippen molar-refractivity contribution in [3.63, 3.8) is 0 Å². The summed E-state index contributed by atoms with van der Waals surface area (Å²) in [6.45, 7) is 2.07. The molecule has 1 aromatic rings. The van der Waals surface area contributed by atoms with Gasteiger partial charge < -0.3 is 10.1 Å². The summed E-state index contributed by atoms with van der Waals surface area (Å²) >= 11 is 0. The van der Waals surface area contributed by atoms with Crippen LogP contribution >= 0.6 is 0 Å². The molecule has 8 nitrogen and oxygen atoms in total. The van der Waals surface area contributed by atoms with Gasteiger partial charge in [0.15, 0.2) is 0 Å². The third-order valence-electron chi connectivity index (χ3n) is 3.78. The van der Waals surface area contributed by atoms with Crippen molar-refractivity contribution in [3.05, 3.63) is 35.4 Å². The number of carbonyl (C=O) groups is 2. The normalized spacial score (nSPS) is 14.2. The maximum atomic E-state index is 12.2. The molecule has 1 aromatic carbocycles.